The van der Waals surface area contributed by atoms with E-state index >= 15 is 0 Å². The van der Waals surface area contributed by atoms with Gasteiger partial charge in [-0.15, -0.1) is 0 Å². The van der Waals surface area contributed by atoms with Gasteiger partial charge >= 0.3 is 259 Å². The van der Waals surface area contributed by atoms with Crippen LogP contribution in [0.1, 0.15) is 33.2 Å². The second-order valence-corrected chi connectivity index (χ2v) is 23.2. The average Bonchev–Trinajstić information content (AvgIpc) is 2.97. The van der Waals surface area contributed by atoms with Crippen LogP contribution in [0.5, 0.6) is 5.75 Å². The van der Waals surface area contributed by atoms with Crippen LogP contribution in [0.25, 0.3) is 0 Å². The molecule has 1 aliphatic rings. The summed E-state index contributed by atoms with van der Waals surface area (Å²) in [5, 5.41) is 11.3. The molecular formula is C29H24NO10S2Tl. The van der Waals surface area contributed by atoms with Crippen LogP contribution in [0.15, 0.2) is 107 Å². The summed E-state index contributed by atoms with van der Waals surface area (Å²) in [6.07, 6.45) is -1.25. The summed E-state index contributed by atoms with van der Waals surface area (Å²) in [6.45, 7) is 3.53. The SMILES string of the molecule is Cc1ccc(S(=O)(=O)[O][Tl]([O]S(=O)(=O)c2ccc(C)cc2)[C@@H]2C(=O)c3ccccc3O[C@H]2c2ccc([N+](=O)[O-])cc2)cc1. The zero-order chi connectivity index (χ0) is 30.9. The molecule has 0 aliphatic carbocycles. The summed E-state index contributed by atoms with van der Waals surface area (Å²) < 4.78 is 70.1. The number of ether oxygens (including phenoxy) is 1. The summed E-state index contributed by atoms with van der Waals surface area (Å²) in [5.74, 6) is -0.433. The van der Waals surface area contributed by atoms with Crippen LogP contribution in [-0.4, -0.2) is 51.2 Å². The molecule has 0 saturated heterocycles. The van der Waals surface area contributed by atoms with Crippen LogP contribution in [0, 0.1) is 24.0 Å². The van der Waals surface area contributed by atoms with E-state index in [4.69, 9.17) is 9.00 Å². The summed E-state index contributed by atoms with van der Waals surface area (Å²) in [5.41, 5.74) is 1.72. The summed E-state index contributed by atoms with van der Waals surface area (Å²) >= 11 is -5.36. The standard InChI is InChI=1S/C15H10NO4.2C7H8O3S.Tl/c17-13-9-15(20-14-4-2-1-3-12(13)14)10-5-7-11(8-6-10)16(18)19;2*1-6-2-4-7(5-3-6)11(8,9)10;/h1-9,15H;2*2-5H,1H3,(H,8,9,10);/q;;;+2/p-2/t15-;;;/m1.../s1. The summed E-state index contributed by atoms with van der Waals surface area (Å²) in [7, 11) is -9.20. The number of fused-ring (bicyclic) bond motifs is 1. The van der Waals surface area contributed by atoms with Gasteiger partial charge in [0, 0.05) is 0 Å². The summed E-state index contributed by atoms with van der Waals surface area (Å²) in [4.78, 5) is 24.3. The van der Waals surface area contributed by atoms with Gasteiger partial charge in [0.25, 0.3) is 0 Å². The molecule has 0 amide bonds. The third-order valence-corrected chi connectivity index (χ3v) is 24.6. The van der Waals surface area contributed by atoms with Crippen molar-refractivity contribution in [2.45, 2.75) is 33.2 Å². The Bertz CT molecular complexity index is 1820. The number of nitro benzene ring substituents is 1. The predicted octanol–water partition coefficient (Wildman–Crippen LogP) is 5.20. The molecule has 5 rings (SSSR count). The van der Waals surface area contributed by atoms with Crippen molar-refractivity contribution < 1.29 is 35.6 Å². The zero-order valence-electron chi connectivity index (χ0n) is 22.8. The van der Waals surface area contributed by atoms with Gasteiger partial charge in [-0.1, -0.05) is 0 Å². The molecule has 2 atom stereocenters. The number of carbonyl (C=O) groups excluding carboxylic acids is 1. The topological polar surface area (TPSA) is 156 Å². The number of rotatable bonds is 9. The van der Waals surface area contributed by atoms with Crippen LogP contribution in [0.4, 0.5) is 5.69 Å². The Morgan fingerprint density at radius 2 is 1.23 bits per heavy atom. The van der Waals surface area contributed by atoms with Crippen molar-refractivity contribution in [1.82, 2.24) is 0 Å². The molecule has 0 unspecified atom stereocenters. The number of nitrogens with zero attached hydrogens (tertiary/aromatic N) is 1. The average molecular weight is 815 g/mol. The molecule has 0 fully saturated rings. The molecule has 11 nitrogen and oxygen atoms in total. The number of nitro groups is 1. The van der Waals surface area contributed by atoms with E-state index in [2.05, 4.69) is 0 Å². The van der Waals surface area contributed by atoms with E-state index in [-0.39, 0.29) is 32.4 Å². The van der Waals surface area contributed by atoms with Crippen LogP contribution in [-0.2, 0) is 24.5 Å². The van der Waals surface area contributed by atoms with E-state index < -0.39 is 64.1 Å². The van der Waals surface area contributed by atoms with Crippen molar-refractivity contribution in [3.63, 3.8) is 0 Å². The van der Waals surface area contributed by atoms with Crippen molar-refractivity contribution in [3.8, 4) is 5.75 Å². The van der Waals surface area contributed by atoms with Gasteiger partial charge in [-0.2, -0.15) is 0 Å². The van der Waals surface area contributed by atoms with E-state index in [0.29, 0.717) is 0 Å². The first-order valence-electron chi connectivity index (χ1n) is 12.9. The van der Waals surface area contributed by atoms with E-state index in [1.54, 1.807) is 56.3 Å². The third-order valence-electron chi connectivity index (χ3n) is 6.82. The molecule has 1 heterocycles. The predicted molar refractivity (Wildman–Crippen MR) is 156 cm³/mol. The molecule has 220 valence electrons. The molecule has 0 bridgehead atoms. The van der Waals surface area contributed by atoms with Gasteiger partial charge in [-0.3, -0.25) is 0 Å². The maximum atomic E-state index is 14.1. The molecule has 0 aromatic heterocycles. The third kappa shape index (κ3) is 6.70. The number of benzene rings is 4. The van der Waals surface area contributed by atoms with Gasteiger partial charge in [-0.25, -0.2) is 0 Å². The fraction of sp³-hybridized carbons (Fsp3) is 0.138. The van der Waals surface area contributed by atoms with Crippen LogP contribution in [0.3, 0.4) is 0 Å². The van der Waals surface area contributed by atoms with Gasteiger partial charge in [0.2, 0.25) is 0 Å². The van der Waals surface area contributed by atoms with Crippen molar-refractivity contribution in [3.05, 3.63) is 129 Å². The van der Waals surface area contributed by atoms with Crippen LogP contribution in [0.2, 0.25) is 3.48 Å². The van der Waals surface area contributed by atoms with E-state index in [1.807, 2.05) is 0 Å². The number of para-hydroxylation sites is 1. The second-order valence-electron chi connectivity index (χ2n) is 9.87. The van der Waals surface area contributed by atoms with Crippen LogP contribution >= 0.6 is 0 Å². The van der Waals surface area contributed by atoms with E-state index in [1.165, 1.54) is 54.6 Å². The Morgan fingerprint density at radius 1 is 0.744 bits per heavy atom. The molecule has 1 aliphatic heterocycles. The quantitative estimate of drug-likeness (QED) is 0.125. The monoisotopic (exact) mass is 815 g/mol. The van der Waals surface area contributed by atoms with Gasteiger partial charge in [0.1, 0.15) is 0 Å². The minimum atomic E-state index is -5.36. The molecule has 4 aromatic rings. The number of aryl methyl sites for hydroxylation is 2. The fourth-order valence-corrected chi connectivity index (χ4v) is 22.8. The number of ketones is 1. The molecule has 0 radical (unpaired) electrons. The number of carbonyl (C=O) groups is 1. The number of Topliss-reactive ketones (excluding diaryl/α,β-unsaturated/α-hetero) is 1. The Labute approximate surface area is 257 Å². The maximum absolute atomic E-state index is 14.1. The first-order chi connectivity index (χ1) is 20.4. The van der Waals surface area contributed by atoms with Crippen molar-refractivity contribution in [2.75, 3.05) is 0 Å². The first kappa shape index (κ1) is 30.9. The first-order valence-corrected chi connectivity index (χ1v) is 22.0. The normalized spacial score (nSPS) is 16.7. The van der Waals surface area contributed by atoms with Crippen molar-refractivity contribution >= 4 is 55.3 Å². The van der Waals surface area contributed by atoms with Gasteiger partial charge in [0.15, 0.2) is 0 Å². The van der Waals surface area contributed by atoms with E-state index in [9.17, 15) is 31.7 Å². The number of non-ortho nitro benzene ring substituents is 1. The Morgan fingerprint density at radius 3 is 1.72 bits per heavy atom. The number of hydrogen-bond acceptors (Lipinski definition) is 10. The molecular weight excluding hydrogens is 791 g/mol. The molecule has 0 N–H and O–H groups in total. The van der Waals surface area contributed by atoms with Crippen molar-refractivity contribution in [1.29, 1.82) is 0 Å². The molecule has 4 aromatic carbocycles. The molecule has 14 heteroatoms. The second kappa shape index (κ2) is 12.2. The molecule has 0 saturated carbocycles. The minimum absolute atomic E-state index is 0.100. The van der Waals surface area contributed by atoms with Gasteiger partial charge in [-0.05, 0) is 0 Å². The van der Waals surface area contributed by atoms with Crippen LogP contribution < -0.4 is 4.74 Å². The Kier molecular flexibility index (Phi) is 8.80. The summed E-state index contributed by atoms with van der Waals surface area (Å²) in [6, 6.07) is 22.8. The fourth-order valence-electron chi connectivity index (χ4n) is 4.53. The van der Waals surface area contributed by atoms with Crippen molar-refractivity contribution in [2.24, 2.45) is 0 Å². The van der Waals surface area contributed by atoms with E-state index in [0.717, 1.165) is 11.1 Å². The molecule has 43 heavy (non-hydrogen) atoms. The van der Waals surface area contributed by atoms with Gasteiger partial charge < -0.3 is 0 Å². The Balaban J connectivity index is 1.65. The zero-order valence-corrected chi connectivity index (χ0v) is 28.9. The number of hydrogen-bond donors (Lipinski definition) is 0. The van der Waals surface area contributed by atoms with Gasteiger partial charge in [0.05, 0.1) is 0 Å². The Hall–Kier alpha value is -3.51. The molecule has 0 spiro atoms.